The van der Waals surface area contributed by atoms with Gasteiger partial charge in [-0.25, -0.2) is 9.98 Å². The molecule has 2 N–H and O–H groups in total. The van der Waals surface area contributed by atoms with Gasteiger partial charge in [0.25, 0.3) is 17.5 Å². The lowest BCUT2D eigenvalue weighted by Gasteiger charge is -2.05. The van der Waals surface area contributed by atoms with Gasteiger partial charge in [-0.15, -0.1) is 11.3 Å². The lowest BCUT2D eigenvalue weighted by Crippen LogP contribution is -2.19. The second-order valence-electron chi connectivity index (χ2n) is 9.62. The van der Waals surface area contributed by atoms with Crippen LogP contribution < -0.4 is 10.6 Å². The molecule has 2 heterocycles. The maximum atomic E-state index is 12.6. The normalized spacial score (nSPS) is 14.7. The Bertz CT molecular complexity index is 2080. The van der Waals surface area contributed by atoms with Crippen molar-refractivity contribution in [3.63, 3.8) is 0 Å². The molecule has 2 amide bonds. The molecule has 1 aromatic heterocycles. The maximum Gasteiger partial charge on any atom is 0.283 e. The highest BCUT2D eigenvalue weighted by atomic mass is 35.5. The molecule has 0 bridgehead atoms. The van der Waals surface area contributed by atoms with E-state index in [1.165, 1.54) is 29.2 Å². The Morgan fingerprint density at radius 2 is 1.87 bits per heavy atom. The van der Waals surface area contributed by atoms with E-state index in [1.54, 1.807) is 66.7 Å². The van der Waals surface area contributed by atoms with Gasteiger partial charge in [0.15, 0.2) is 9.51 Å². The lowest BCUT2D eigenvalue weighted by atomic mass is 10.2. The predicted molar refractivity (Wildman–Crippen MR) is 183 cm³/mol. The van der Waals surface area contributed by atoms with Crippen LogP contribution in [0.4, 0.5) is 17.1 Å². The van der Waals surface area contributed by atoms with Gasteiger partial charge in [0, 0.05) is 27.4 Å². The summed E-state index contributed by atoms with van der Waals surface area (Å²) in [4.78, 5) is 46.6. The number of amides is 2. The number of aliphatic imine (C=N–C) groups is 1. The number of thioether (sulfide) groups is 1. The number of anilines is 1. The maximum absolute atomic E-state index is 12.6. The summed E-state index contributed by atoms with van der Waals surface area (Å²) in [5.74, 6) is -0.625. The number of rotatable bonds is 7. The minimum absolute atomic E-state index is 0.115. The first kappa shape index (κ1) is 30.8. The molecule has 1 aliphatic heterocycles. The van der Waals surface area contributed by atoms with Crippen LogP contribution in [0.3, 0.4) is 0 Å². The standard InChI is InChI=1S/C31H19Cl2N5O4S3/c1-16-2-8-20(14-22(16)33)35-30-37-29(40)27(43-30)13-17-3-11-25(24(12-17)38(41)42)44-31-36-23-10-9-21(15-26(23)45-31)34-28(39)18-4-6-19(32)7-5-18/h2-15H,1H3,(H,34,39)(H,35,37,40)/b27-13-. The summed E-state index contributed by atoms with van der Waals surface area (Å²) in [6.07, 6.45) is 1.59. The van der Waals surface area contributed by atoms with E-state index in [9.17, 15) is 19.7 Å². The fraction of sp³-hybridized carbons (Fsp3) is 0.0323. The third kappa shape index (κ3) is 7.21. The Balaban J connectivity index is 1.19. The first-order valence-corrected chi connectivity index (χ1v) is 16.3. The Kier molecular flexibility index (Phi) is 8.92. The Morgan fingerprint density at radius 1 is 1.07 bits per heavy atom. The lowest BCUT2D eigenvalue weighted by molar-refractivity contribution is -0.387. The second-order valence-corrected chi connectivity index (χ2v) is 13.8. The van der Waals surface area contributed by atoms with Crippen molar-refractivity contribution in [2.45, 2.75) is 16.2 Å². The van der Waals surface area contributed by atoms with Crippen molar-refractivity contribution in [3.05, 3.63) is 121 Å². The van der Waals surface area contributed by atoms with E-state index in [0.717, 1.165) is 22.0 Å². The zero-order chi connectivity index (χ0) is 31.7. The fourth-order valence-electron chi connectivity index (χ4n) is 4.18. The van der Waals surface area contributed by atoms with Crippen LogP contribution in [0.25, 0.3) is 16.3 Å². The Morgan fingerprint density at radius 3 is 2.62 bits per heavy atom. The van der Waals surface area contributed by atoms with Crippen molar-refractivity contribution >= 4 is 108 Å². The molecule has 0 radical (unpaired) electrons. The first-order chi connectivity index (χ1) is 21.6. The zero-order valence-corrected chi connectivity index (χ0v) is 27.0. The number of fused-ring (bicyclic) bond motifs is 1. The number of nitro benzene ring substituents is 1. The molecular weight excluding hydrogens is 673 g/mol. The van der Waals surface area contributed by atoms with Crippen LogP contribution in [0.5, 0.6) is 0 Å². The van der Waals surface area contributed by atoms with Gasteiger partial charge in [0.2, 0.25) is 0 Å². The molecule has 0 atom stereocenters. The molecule has 4 aromatic carbocycles. The largest absolute Gasteiger partial charge is 0.322 e. The molecule has 6 rings (SSSR count). The van der Waals surface area contributed by atoms with E-state index >= 15 is 0 Å². The van der Waals surface area contributed by atoms with Gasteiger partial charge in [0.1, 0.15) is 0 Å². The zero-order valence-electron chi connectivity index (χ0n) is 23.0. The molecule has 0 unspecified atom stereocenters. The van der Waals surface area contributed by atoms with E-state index in [2.05, 4.69) is 20.6 Å². The number of nitro groups is 1. The average Bonchev–Trinajstić information content (AvgIpc) is 3.57. The smallest absolute Gasteiger partial charge is 0.283 e. The van der Waals surface area contributed by atoms with Crippen LogP contribution in [0, 0.1) is 17.0 Å². The van der Waals surface area contributed by atoms with E-state index in [-0.39, 0.29) is 17.5 Å². The summed E-state index contributed by atoms with van der Waals surface area (Å²) in [7, 11) is 0. The number of aryl methyl sites for hydroxylation is 1. The van der Waals surface area contributed by atoms with Gasteiger partial charge in [-0.3, -0.25) is 19.7 Å². The van der Waals surface area contributed by atoms with Crippen molar-refractivity contribution in [2.24, 2.45) is 4.99 Å². The molecule has 224 valence electrons. The van der Waals surface area contributed by atoms with Crippen molar-refractivity contribution in [3.8, 4) is 0 Å². The number of hydrogen-bond donors (Lipinski definition) is 2. The molecule has 1 aliphatic rings. The Hall–Kier alpha value is -4.20. The highest BCUT2D eigenvalue weighted by Gasteiger charge is 2.25. The molecule has 0 spiro atoms. The van der Waals surface area contributed by atoms with Crippen LogP contribution in [0.1, 0.15) is 21.5 Å². The molecule has 0 saturated carbocycles. The number of halogens is 2. The molecule has 14 heteroatoms. The van der Waals surface area contributed by atoms with Crippen LogP contribution in [0.2, 0.25) is 10.0 Å². The van der Waals surface area contributed by atoms with Crippen LogP contribution in [-0.4, -0.2) is 26.9 Å². The molecule has 1 saturated heterocycles. The monoisotopic (exact) mass is 691 g/mol. The van der Waals surface area contributed by atoms with Gasteiger partial charge in [-0.05, 0) is 96.6 Å². The quantitative estimate of drug-likeness (QED) is 0.0990. The SMILES string of the molecule is Cc1ccc(N=C2NC(=O)/C(=C/c3ccc(Sc4nc5ccc(NC(=O)c6ccc(Cl)cc6)cc5s4)c([N+](=O)[O-])c3)S2)cc1Cl. The van der Waals surface area contributed by atoms with Gasteiger partial charge < -0.3 is 10.6 Å². The number of nitrogens with zero attached hydrogens (tertiary/aromatic N) is 3. The van der Waals surface area contributed by atoms with Crippen LogP contribution in [0.15, 0.2) is 98.0 Å². The van der Waals surface area contributed by atoms with Gasteiger partial charge in [-0.2, -0.15) is 0 Å². The third-order valence-corrected chi connectivity index (χ3v) is 10.2. The summed E-state index contributed by atoms with van der Waals surface area (Å²) >= 11 is 15.8. The minimum atomic E-state index is -0.460. The van der Waals surface area contributed by atoms with Crippen molar-refractivity contribution in [1.29, 1.82) is 0 Å². The third-order valence-electron chi connectivity index (χ3n) is 6.44. The molecular formula is C31H19Cl2N5O4S3. The van der Waals surface area contributed by atoms with Crippen LogP contribution >= 0.6 is 58.1 Å². The fourth-order valence-corrected chi connectivity index (χ4v) is 7.47. The molecule has 45 heavy (non-hydrogen) atoms. The molecule has 5 aromatic rings. The summed E-state index contributed by atoms with van der Waals surface area (Å²) < 4.78 is 1.41. The highest BCUT2D eigenvalue weighted by Crippen LogP contribution is 2.40. The summed E-state index contributed by atoms with van der Waals surface area (Å²) in [5.41, 5.74) is 3.66. The van der Waals surface area contributed by atoms with E-state index in [4.69, 9.17) is 23.2 Å². The van der Waals surface area contributed by atoms with E-state index in [0.29, 0.717) is 57.4 Å². The number of thiazole rings is 1. The van der Waals surface area contributed by atoms with Crippen molar-refractivity contribution < 1.29 is 14.5 Å². The number of carbonyl (C=O) groups excluding carboxylic acids is 2. The number of amidine groups is 1. The number of aromatic nitrogens is 1. The first-order valence-electron chi connectivity index (χ1n) is 13.1. The van der Waals surface area contributed by atoms with Gasteiger partial charge in [-0.1, -0.05) is 47.1 Å². The Labute approximate surface area is 278 Å². The van der Waals surface area contributed by atoms with Gasteiger partial charge >= 0.3 is 0 Å². The van der Waals surface area contributed by atoms with Crippen molar-refractivity contribution in [1.82, 2.24) is 10.3 Å². The topological polar surface area (TPSA) is 127 Å². The molecule has 0 aliphatic carbocycles. The van der Waals surface area contributed by atoms with Crippen molar-refractivity contribution in [2.75, 3.05) is 5.32 Å². The number of hydrogen-bond acceptors (Lipinski definition) is 9. The second kappa shape index (κ2) is 13.0. The van der Waals surface area contributed by atoms with Gasteiger partial charge in [0.05, 0.1) is 30.6 Å². The number of carbonyl (C=O) groups is 2. The molecule has 9 nitrogen and oxygen atoms in total. The summed E-state index contributed by atoms with van der Waals surface area (Å²) in [6.45, 7) is 1.89. The average molecular weight is 693 g/mol. The minimum Gasteiger partial charge on any atom is -0.322 e. The predicted octanol–water partition coefficient (Wildman–Crippen LogP) is 9.11. The van der Waals surface area contributed by atoms with Crippen LogP contribution in [-0.2, 0) is 4.79 Å². The van der Waals surface area contributed by atoms with E-state index < -0.39 is 4.92 Å². The van der Waals surface area contributed by atoms with E-state index in [1.807, 2.05) is 19.1 Å². The molecule has 1 fully saturated rings. The number of benzene rings is 4. The number of nitrogens with one attached hydrogen (secondary N) is 2. The summed E-state index contributed by atoms with van der Waals surface area (Å²) in [5, 5.41) is 19.1. The summed E-state index contributed by atoms with van der Waals surface area (Å²) in [6, 6.07) is 22.0. The highest BCUT2D eigenvalue weighted by molar-refractivity contribution is 8.18.